The van der Waals surface area contributed by atoms with Crippen LogP contribution in [0.2, 0.25) is 10.0 Å². The van der Waals surface area contributed by atoms with Crippen molar-refractivity contribution in [3.05, 3.63) is 63.6 Å². The first kappa shape index (κ1) is 14.9. The molecule has 2 aromatic rings. The van der Waals surface area contributed by atoms with Crippen molar-refractivity contribution in [1.29, 1.82) is 0 Å². The molecule has 0 radical (unpaired) electrons. The number of hydrogen-bond donors (Lipinski definition) is 0. The van der Waals surface area contributed by atoms with E-state index in [1.54, 1.807) is 25.3 Å². The Bertz CT molecular complexity index is 603. The molecule has 0 bridgehead atoms. The third-order valence-electron chi connectivity index (χ3n) is 3.00. The van der Waals surface area contributed by atoms with Crippen LogP contribution in [0.5, 0.6) is 5.75 Å². The number of halogens is 2. The monoisotopic (exact) mass is 308 g/mol. The van der Waals surface area contributed by atoms with E-state index in [0.29, 0.717) is 28.5 Å². The van der Waals surface area contributed by atoms with Crippen LogP contribution < -0.4 is 4.74 Å². The second-order valence-electron chi connectivity index (χ2n) is 4.39. The van der Waals surface area contributed by atoms with Gasteiger partial charge in [0.1, 0.15) is 5.75 Å². The van der Waals surface area contributed by atoms with Gasteiger partial charge in [-0.1, -0.05) is 41.4 Å². The topological polar surface area (TPSA) is 26.3 Å². The highest BCUT2D eigenvalue weighted by Gasteiger charge is 2.10. The van der Waals surface area contributed by atoms with Crippen LogP contribution in [-0.4, -0.2) is 12.9 Å². The number of aryl methyl sites for hydroxylation is 1. The molecule has 2 nitrogen and oxygen atoms in total. The molecule has 0 aromatic heterocycles. The van der Waals surface area contributed by atoms with E-state index >= 15 is 0 Å². The van der Waals surface area contributed by atoms with E-state index in [-0.39, 0.29) is 5.78 Å². The summed E-state index contributed by atoms with van der Waals surface area (Å²) < 4.78 is 5.27. The minimum atomic E-state index is 0.0142. The van der Waals surface area contributed by atoms with Crippen molar-refractivity contribution in [3.63, 3.8) is 0 Å². The van der Waals surface area contributed by atoms with Crippen molar-refractivity contribution in [2.45, 2.75) is 12.8 Å². The van der Waals surface area contributed by atoms with E-state index in [1.165, 1.54) is 0 Å². The number of methoxy groups -OCH3 is 1. The summed E-state index contributed by atoms with van der Waals surface area (Å²) in [6, 6.07) is 12.6. The number of carbonyl (C=O) groups is 1. The molecule has 0 fully saturated rings. The van der Waals surface area contributed by atoms with Gasteiger partial charge in [0.25, 0.3) is 0 Å². The molecule has 0 aliphatic rings. The summed E-state index contributed by atoms with van der Waals surface area (Å²) in [7, 11) is 1.62. The molecule has 0 heterocycles. The lowest BCUT2D eigenvalue weighted by Gasteiger charge is -2.08. The molecule has 0 atom stereocenters. The van der Waals surface area contributed by atoms with Crippen LogP contribution in [0.3, 0.4) is 0 Å². The predicted molar refractivity (Wildman–Crippen MR) is 82.1 cm³/mol. The van der Waals surface area contributed by atoms with Crippen LogP contribution >= 0.6 is 23.2 Å². The molecule has 0 saturated carbocycles. The van der Waals surface area contributed by atoms with Gasteiger partial charge in [-0.05, 0) is 36.2 Å². The zero-order chi connectivity index (χ0) is 14.5. The van der Waals surface area contributed by atoms with Gasteiger partial charge >= 0.3 is 0 Å². The Labute approximate surface area is 128 Å². The zero-order valence-corrected chi connectivity index (χ0v) is 12.5. The van der Waals surface area contributed by atoms with E-state index < -0.39 is 0 Å². The van der Waals surface area contributed by atoms with Crippen molar-refractivity contribution < 1.29 is 9.53 Å². The molecule has 0 aliphatic heterocycles. The van der Waals surface area contributed by atoms with Crippen molar-refractivity contribution in [1.82, 2.24) is 0 Å². The minimum Gasteiger partial charge on any atom is -0.496 e. The highest BCUT2D eigenvalue weighted by Crippen LogP contribution is 2.22. The Morgan fingerprint density at radius 2 is 1.75 bits per heavy atom. The number of benzene rings is 2. The average molecular weight is 309 g/mol. The molecule has 104 valence electrons. The Morgan fingerprint density at radius 1 is 1.10 bits per heavy atom. The van der Waals surface area contributed by atoms with Gasteiger partial charge in [-0.25, -0.2) is 0 Å². The third-order valence-corrected chi connectivity index (χ3v) is 3.43. The van der Waals surface area contributed by atoms with Gasteiger partial charge in [-0.2, -0.15) is 0 Å². The van der Waals surface area contributed by atoms with Crippen molar-refractivity contribution in [2.24, 2.45) is 0 Å². The van der Waals surface area contributed by atoms with E-state index in [2.05, 4.69) is 0 Å². The lowest BCUT2D eigenvalue weighted by atomic mass is 10.0. The summed E-state index contributed by atoms with van der Waals surface area (Å²) in [4.78, 5) is 12.2. The summed E-state index contributed by atoms with van der Waals surface area (Å²) in [5.41, 5.74) is 1.55. The van der Waals surface area contributed by atoms with Crippen LogP contribution in [0.25, 0.3) is 0 Å². The van der Waals surface area contributed by atoms with E-state index in [0.717, 1.165) is 11.3 Å². The Kier molecular flexibility index (Phi) is 5.05. The van der Waals surface area contributed by atoms with Gasteiger partial charge < -0.3 is 4.74 Å². The molecule has 2 rings (SSSR count). The Balaban J connectivity index is 2.08. The highest BCUT2D eigenvalue weighted by atomic mass is 35.5. The molecule has 2 aromatic carbocycles. The molecule has 4 heteroatoms. The van der Waals surface area contributed by atoms with Crippen molar-refractivity contribution in [2.75, 3.05) is 7.11 Å². The first-order chi connectivity index (χ1) is 9.60. The van der Waals surface area contributed by atoms with E-state index in [4.69, 9.17) is 27.9 Å². The maximum absolute atomic E-state index is 12.2. The number of rotatable bonds is 5. The minimum absolute atomic E-state index is 0.0142. The van der Waals surface area contributed by atoms with Gasteiger partial charge in [0.15, 0.2) is 5.78 Å². The molecule has 0 unspecified atom stereocenters. The predicted octanol–water partition coefficient (Wildman–Crippen LogP) is 4.82. The van der Waals surface area contributed by atoms with Gasteiger partial charge in [0.05, 0.1) is 7.11 Å². The molecular formula is C16H14Cl2O2. The van der Waals surface area contributed by atoms with Crippen LogP contribution in [0, 0.1) is 0 Å². The highest BCUT2D eigenvalue weighted by molar-refractivity contribution is 6.35. The largest absolute Gasteiger partial charge is 0.496 e. The molecule has 0 amide bonds. The molecular weight excluding hydrogens is 295 g/mol. The number of carbonyl (C=O) groups excluding carboxylic acids is 1. The van der Waals surface area contributed by atoms with Crippen LogP contribution in [0.4, 0.5) is 0 Å². The quantitative estimate of drug-likeness (QED) is 0.740. The Morgan fingerprint density at radius 3 is 2.40 bits per heavy atom. The van der Waals surface area contributed by atoms with Crippen LogP contribution in [0.15, 0.2) is 42.5 Å². The van der Waals surface area contributed by atoms with Crippen molar-refractivity contribution >= 4 is 29.0 Å². The summed E-state index contributed by atoms with van der Waals surface area (Å²) >= 11 is 11.8. The van der Waals surface area contributed by atoms with Gasteiger partial charge in [0, 0.05) is 22.0 Å². The summed E-state index contributed by atoms with van der Waals surface area (Å²) in [6.07, 6.45) is 1.00. The zero-order valence-electron chi connectivity index (χ0n) is 11.0. The fourth-order valence-corrected chi connectivity index (χ4v) is 2.54. The Hall–Kier alpha value is -1.51. The average Bonchev–Trinajstić information content (AvgIpc) is 2.44. The number of ether oxygens (including phenoxy) is 1. The summed E-state index contributed by atoms with van der Waals surface area (Å²) in [6.45, 7) is 0. The standard InChI is InChI=1S/C16H14Cl2O2/c1-20-16-5-3-2-4-11(16)6-7-15(19)12-8-13(17)10-14(18)9-12/h2-5,8-10H,6-7H2,1H3. The second kappa shape index (κ2) is 6.78. The normalized spacial score (nSPS) is 10.3. The summed E-state index contributed by atoms with van der Waals surface area (Å²) in [5, 5.41) is 0.941. The van der Waals surface area contributed by atoms with E-state index in [1.807, 2.05) is 24.3 Å². The SMILES string of the molecule is COc1ccccc1CCC(=O)c1cc(Cl)cc(Cl)c1. The van der Waals surface area contributed by atoms with Crippen LogP contribution in [0.1, 0.15) is 22.3 Å². The number of Topliss-reactive ketones (excluding diaryl/α,β-unsaturated/α-hetero) is 1. The van der Waals surface area contributed by atoms with E-state index in [9.17, 15) is 4.79 Å². The fraction of sp³-hybridized carbons (Fsp3) is 0.188. The first-order valence-corrected chi connectivity index (χ1v) is 6.97. The van der Waals surface area contributed by atoms with Crippen molar-refractivity contribution in [3.8, 4) is 5.75 Å². The maximum atomic E-state index is 12.2. The second-order valence-corrected chi connectivity index (χ2v) is 5.27. The maximum Gasteiger partial charge on any atom is 0.163 e. The van der Waals surface area contributed by atoms with Gasteiger partial charge in [-0.15, -0.1) is 0 Å². The smallest absolute Gasteiger partial charge is 0.163 e. The lowest BCUT2D eigenvalue weighted by molar-refractivity contribution is 0.0982. The van der Waals surface area contributed by atoms with Crippen LogP contribution in [-0.2, 0) is 6.42 Å². The molecule has 0 aliphatic carbocycles. The number of para-hydroxylation sites is 1. The third kappa shape index (κ3) is 3.75. The van der Waals surface area contributed by atoms with Gasteiger partial charge in [0.2, 0.25) is 0 Å². The number of hydrogen-bond acceptors (Lipinski definition) is 2. The first-order valence-electron chi connectivity index (χ1n) is 6.21. The molecule has 0 spiro atoms. The fourth-order valence-electron chi connectivity index (χ4n) is 2.02. The molecule has 0 saturated heterocycles. The summed E-state index contributed by atoms with van der Waals surface area (Å²) in [5.74, 6) is 0.810. The van der Waals surface area contributed by atoms with Gasteiger partial charge in [-0.3, -0.25) is 4.79 Å². The lowest BCUT2D eigenvalue weighted by Crippen LogP contribution is -2.02. The molecule has 0 N–H and O–H groups in total. The molecule has 20 heavy (non-hydrogen) atoms. The number of ketones is 1.